The minimum absolute atomic E-state index is 0.169. The smallest absolute Gasteiger partial charge is 0.304 e. The number of rotatable bonds is 7. The highest BCUT2D eigenvalue weighted by molar-refractivity contribution is 5.82. The molecule has 1 N–H and O–H groups in total. The van der Waals surface area contributed by atoms with E-state index >= 15 is 4.39 Å². The van der Waals surface area contributed by atoms with Gasteiger partial charge in [0.25, 0.3) is 11.1 Å². The number of fused-ring (bicyclic) bond motifs is 1. The Hall–Kier alpha value is -5.23. The molecule has 0 saturated carbocycles. The lowest BCUT2D eigenvalue weighted by Gasteiger charge is -2.23. The monoisotopic (exact) mass is 651 g/mol. The van der Waals surface area contributed by atoms with Crippen molar-refractivity contribution in [2.24, 2.45) is 7.05 Å². The van der Waals surface area contributed by atoms with E-state index < -0.39 is 23.6 Å². The number of halogens is 1. The molecule has 48 heavy (non-hydrogen) atoms. The summed E-state index contributed by atoms with van der Waals surface area (Å²) in [6, 6.07) is 15.4. The van der Waals surface area contributed by atoms with Crippen LogP contribution in [-0.4, -0.2) is 55.6 Å². The van der Waals surface area contributed by atoms with Gasteiger partial charge in [0.1, 0.15) is 17.3 Å². The number of likely N-dealkylation sites (N-methyl/N-ethyl adjacent to an activating group) is 1. The topological polar surface area (TPSA) is 124 Å². The number of likely N-dealkylation sites (tertiary alicyclic amines) is 1. The zero-order valence-corrected chi connectivity index (χ0v) is 27.8. The van der Waals surface area contributed by atoms with E-state index in [1.54, 1.807) is 36.4 Å². The van der Waals surface area contributed by atoms with Gasteiger partial charge in [-0.05, 0) is 66.7 Å². The van der Waals surface area contributed by atoms with Crippen molar-refractivity contribution in [2.45, 2.75) is 51.7 Å². The summed E-state index contributed by atoms with van der Waals surface area (Å²) < 4.78 is 23.3. The zero-order chi connectivity index (χ0) is 34.3. The predicted octanol–water partition coefficient (Wildman–Crippen LogP) is 5.26. The third-order valence-corrected chi connectivity index (χ3v) is 8.71. The molecule has 0 aliphatic carbocycles. The van der Waals surface area contributed by atoms with E-state index in [0.717, 1.165) is 29.8 Å². The van der Waals surface area contributed by atoms with Crippen molar-refractivity contribution in [2.75, 3.05) is 25.5 Å². The van der Waals surface area contributed by atoms with Gasteiger partial charge in [0.2, 0.25) is 6.23 Å². The number of aromatic nitrogens is 5. The molecule has 6 rings (SSSR count). The third-order valence-electron chi connectivity index (χ3n) is 8.71. The summed E-state index contributed by atoms with van der Waals surface area (Å²) in [4.78, 5) is 46.3. The lowest BCUT2D eigenvalue weighted by Crippen LogP contribution is -2.31. The molecule has 1 aliphatic rings. The number of nitrogens with one attached hydrogen (secondary N) is 1. The maximum Gasteiger partial charge on any atom is 0.304 e. The Balaban J connectivity index is 1.40. The lowest BCUT2D eigenvalue weighted by molar-refractivity contribution is -0.149. The van der Waals surface area contributed by atoms with Crippen LogP contribution < -0.4 is 16.4 Å². The second-order valence-electron chi connectivity index (χ2n) is 13.3. The van der Waals surface area contributed by atoms with Crippen molar-refractivity contribution in [1.29, 1.82) is 0 Å². The SMILES string of the molecule is CC(=O)OC(c1ccccc1-c1cc(Nc2ccc(C3CCN(C)C3)cn2)c(=O)n(C)n1)n1ncc2cc(C(C)(C)C)cc(F)c2c1=O. The van der Waals surface area contributed by atoms with Gasteiger partial charge in [0, 0.05) is 43.2 Å². The van der Waals surface area contributed by atoms with Crippen molar-refractivity contribution in [3.05, 3.63) is 110 Å². The molecule has 4 heterocycles. The van der Waals surface area contributed by atoms with E-state index in [2.05, 4.69) is 32.4 Å². The number of nitrogens with zero attached hydrogens (tertiary/aromatic N) is 6. The van der Waals surface area contributed by atoms with Gasteiger partial charge in [-0.3, -0.25) is 14.4 Å². The van der Waals surface area contributed by atoms with E-state index in [9.17, 15) is 14.4 Å². The van der Waals surface area contributed by atoms with Crippen LogP contribution in [0.3, 0.4) is 0 Å². The van der Waals surface area contributed by atoms with Crippen molar-refractivity contribution >= 4 is 28.2 Å². The van der Waals surface area contributed by atoms with Gasteiger partial charge in [-0.1, -0.05) is 51.1 Å². The molecule has 1 fully saturated rings. The third kappa shape index (κ3) is 6.48. The average Bonchev–Trinajstić information content (AvgIpc) is 3.48. The quantitative estimate of drug-likeness (QED) is 0.235. The van der Waals surface area contributed by atoms with Crippen LogP contribution in [-0.2, 0) is 22.0 Å². The number of carbonyl (C=O) groups excluding carboxylic acids is 1. The van der Waals surface area contributed by atoms with Crippen molar-refractivity contribution < 1.29 is 13.9 Å². The van der Waals surface area contributed by atoms with Crippen LogP contribution in [0.1, 0.15) is 63.0 Å². The van der Waals surface area contributed by atoms with E-state index in [0.29, 0.717) is 39.5 Å². The molecule has 2 atom stereocenters. The molecule has 0 radical (unpaired) electrons. The van der Waals surface area contributed by atoms with Gasteiger partial charge in [-0.2, -0.15) is 14.9 Å². The van der Waals surface area contributed by atoms with Crippen LogP contribution in [0.5, 0.6) is 0 Å². The van der Waals surface area contributed by atoms with Crippen LogP contribution in [0.2, 0.25) is 0 Å². The highest BCUT2D eigenvalue weighted by Gasteiger charge is 2.27. The molecule has 2 aromatic carbocycles. The number of anilines is 2. The van der Waals surface area contributed by atoms with Gasteiger partial charge in [-0.15, -0.1) is 0 Å². The zero-order valence-electron chi connectivity index (χ0n) is 27.8. The second kappa shape index (κ2) is 12.8. The number of hydrogen-bond donors (Lipinski definition) is 1. The van der Waals surface area contributed by atoms with Crippen LogP contribution in [0.4, 0.5) is 15.9 Å². The predicted molar refractivity (Wildman–Crippen MR) is 182 cm³/mol. The maximum absolute atomic E-state index is 15.5. The summed E-state index contributed by atoms with van der Waals surface area (Å²) in [6.45, 7) is 9.09. The van der Waals surface area contributed by atoms with Gasteiger partial charge in [-0.25, -0.2) is 14.1 Å². The van der Waals surface area contributed by atoms with Crippen LogP contribution >= 0.6 is 0 Å². The molecular formula is C36H38FN7O4. The van der Waals surface area contributed by atoms with E-state index in [4.69, 9.17) is 4.74 Å². The van der Waals surface area contributed by atoms with Crippen LogP contribution in [0.15, 0.2) is 76.6 Å². The number of esters is 1. The Labute approximate surface area is 277 Å². The van der Waals surface area contributed by atoms with Gasteiger partial charge in [0.15, 0.2) is 0 Å². The number of benzene rings is 2. The first-order chi connectivity index (χ1) is 22.8. The Morgan fingerprint density at radius 3 is 2.48 bits per heavy atom. The Morgan fingerprint density at radius 1 is 1.04 bits per heavy atom. The number of ether oxygens (including phenoxy) is 1. The largest absolute Gasteiger partial charge is 0.435 e. The molecule has 3 aromatic heterocycles. The summed E-state index contributed by atoms with van der Waals surface area (Å²) >= 11 is 0. The Morgan fingerprint density at radius 2 is 1.81 bits per heavy atom. The maximum atomic E-state index is 15.5. The van der Waals surface area contributed by atoms with Crippen LogP contribution in [0, 0.1) is 5.82 Å². The first-order valence-corrected chi connectivity index (χ1v) is 15.8. The standard InChI is InChI=1S/C36H38FN7O4/c1-21(45)48-35(44-34(47)32-24(19-39-44)15-25(16-28(32)37)36(2,3)4)27-10-8-7-9-26(27)29-17-30(33(46)43(6)41-29)40-31-12-11-22(18-38-31)23-13-14-42(5)20-23/h7-12,15-19,23,35H,13-14,20H2,1-6H3,(H,38,40). The number of hydrogen-bond acceptors (Lipinski definition) is 9. The molecule has 248 valence electrons. The van der Waals surface area contributed by atoms with Crippen LogP contribution in [0.25, 0.3) is 22.0 Å². The average molecular weight is 652 g/mol. The fourth-order valence-corrected chi connectivity index (χ4v) is 6.09. The summed E-state index contributed by atoms with van der Waals surface area (Å²) in [6.07, 6.45) is 2.93. The normalized spacial score (nSPS) is 15.9. The molecule has 1 saturated heterocycles. The highest BCUT2D eigenvalue weighted by Crippen LogP contribution is 2.32. The second-order valence-corrected chi connectivity index (χ2v) is 13.3. The number of aryl methyl sites for hydroxylation is 1. The van der Waals surface area contributed by atoms with E-state index in [1.807, 2.05) is 39.1 Å². The molecule has 12 heteroatoms. The highest BCUT2D eigenvalue weighted by atomic mass is 19.1. The minimum atomic E-state index is -1.36. The van der Waals surface area contributed by atoms with Crippen molar-refractivity contribution in [3.8, 4) is 11.3 Å². The molecular weight excluding hydrogens is 613 g/mol. The minimum Gasteiger partial charge on any atom is -0.435 e. The molecule has 1 aliphatic heterocycles. The fraction of sp³-hybridized carbons (Fsp3) is 0.333. The summed E-state index contributed by atoms with van der Waals surface area (Å²) in [5.74, 6) is -0.461. The molecule has 5 aromatic rings. The van der Waals surface area contributed by atoms with Crippen molar-refractivity contribution in [3.63, 3.8) is 0 Å². The molecule has 0 spiro atoms. The fourth-order valence-electron chi connectivity index (χ4n) is 6.09. The summed E-state index contributed by atoms with van der Waals surface area (Å²) in [7, 11) is 3.63. The van der Waals surface area contributed by atoms with Gasteiger partial charge < -0.3 is 15.0 Å². The van der Waals surface area contributed by atoms with E-state index in [1.165, 1.54) is 30.9 Å². The molecule has 11 nitrogen and oxygen atoms in total. The molecule has 0 amide bonds. The van der Waals surface area contributed by atoms with Gasteiger partial charge in [0.05, 0.1) is 17.3 Å². The summed E-state index contributed by atoms with van der Waals surface area (Å²) in [5, 5.41) is 12.1. The van der Waals surface area contributed by atoms with E-state index in [-0.39, 0.29) is 22.0 Å². The lowest BCUT2D eigenvalue weighted by atomic mass is 9.86. The first kappa shape index (κ1) is 32.7. The Bertz CT molecular complexity index is 2140. The number of carbonyl (C=O) groups is 1. The number of pyridine rings is 1. The molecule has 2 unspecified atom stereocenters. The summed E-state index contributed by atoms with van der Waals surface area (Å²) in [5.41, 5.74) is 1.76. The first-order valence-electron chi connectivity index (χ1n) is 15.8. The van der Waals surface area contributed by atoms with Gasteiger partial charge >= 0.3 is 5.97 Å². The van der Waals surface area contributed by atoms with Crippen molar-refractivity contribution in [1.82, 2.24) is 29.4 Å². The Kier molecular flexibility index (Phi) is 8.69. The molecule has 0 bridgehead atoms.